The van der Waals surface area contributed by atoms with Crippen molar-refractivity contribution in [3.8, 4) is 0 Å². The van der Waals surface area contributed by atoms with Crippen LogP contribution < -0.4 is 0 Å². The number of hydrogen-bond acceptors (Lipinski definition) is 2. The summed E-state index contributed by atoms with van der Waals surface area (Å²) in [6.45, 7) is 0.302. The second-order valence-electron chi connectivity index (χ2n) is 6.26. The van der Waals surface area contributed by atoms with Gasteiger partial charge >= 0.3 is 0 Å². The van der Waals surface area contributed by atoms with Gasteiger partial charge in [-0.05, 0) is 62.9 Å². The van der Waals surface area contributed by atoms with Crippen LogP contribution in [-0.4, -0.2) is 30.7 Å². The molecule has 3 heteroatoms. The molecule has 2 rings (SSSR count). The first-order valence-electron chi connectivity index (χ1n) is 7.64. The van der Waals surface area contributed by atoms with Crippen LogP contribution in [0.1, 0.15) is 43.7 Å². The number of aliphatic hydroxyl groups is 1. The molecule has 2 nitrogen and oxygen atoms in total. The van der Waals surface area contributed by atoms with Crippen LogP contribution in [0, 0.1) is 17.7 Å². The van der Waals surface area contributed by atoms with Gasteiger partial charge in [-0.15, -0.1) is 0 Å². The Morgan fingerprint density at radius 3 is 2.50 bits per heavy atom. The zero-order chi connectivity index (χ0) is 14.5. The van der Waals surface area contributed by atoms with Gasteiger partial charge in [0.25, 0.3) is 0 Å². The van der Waals surface area contributed by atoms with E-state index in [-0.39, 0.29) is 5.82 Å². The fraction of sp³-hybridized carbons (Fsp3) is 0.647. The van der Waals surface area contributed by atoms with E-state index in [9.17, 15) is 4.39 Å². The van der Waals surface area contributed by atoms with E-state index in [2.05, 4.69) is 19.0 Å². The van der Waals surface area contributed by atoms with Crippen molar-refractivity contribution in [3.05, 3.63) is 35.6 Å². The van der Waals surface area contributed by atoms with E-state index in [1.807, 2.05) is 6.07 Å². The van der Waals surface area contributed by atoms with Gasteiger partial charge in [0.05, 0.1) is 0 Å². The summed E-state index contributed by atoms with van der Waals surface area (Å²) in [6.07, 6.45) is 5.64. The van der Waals surface area contributed by atoms with Crippen molar-refractivity contribution in [2.24, 2.45) is 11.8 Å². The third-order valence-corrected chi connectivity index (χ3v) is 4.62. The maximum absolute atomic E-state index is 13.5. The van der Waals surface area contributed by atoms with E-state index >= 15 is 0 Å². The Morgan fingerprint density at radius 1 is 1.25 bits per heavy atom. The summed E-state index contributed by atoms with van der Waals surface area (Å²) in [5, 5.41) is 9.04. The second kappa shape index (κ2) is 7.19. The van der Waals surface area contributed by atoms with Crippen LogP contribution in [0.4, 0.5) is 4.39 Å². The molecule has 112 valence electrons. The zero-order valence-corrected chi connectivity index (χ0v) is 12.6. The lowest BCUT2D eigenvalue weighted by atomic mass is 9.75. The maximum atomic E-state index is 13.5. The SMILES string of the molecule is CN(C)C(c1cccc(F)c1)C1CCC(CCO)CC1. The molecule has 1 aliphatic carbocycles. The van der Waals surface area contributed by atoms with Crippen LogP contribution in [0.3, 0.4) is 0 Å². The molecule has 1 fully saturated rings. The Labute approximate surface area is 121 Å². The lowest BCUT2D eigenvalue weighted by Crippen LogP contribution is -2.30. The molecule has 0 amide bonds. The van der Waals surface area contributed by atoms with Gasteiger partial charge in [0.15, 0.2) is 0 Å². The molecular formula is C17H26FNO. The van der Waals surface area contributed by atoms with E-state index in [1.165, 1.54) is 31.7 Å². The number of halogens is 1. The summed E-state index contributed by atoms with van der Waals surface area (Å²) >= 11 is 0. The van der Waals surface area contributed by atoms with Crippen LogP contribution in [0.15, 0.2) is 24.3 Å². The van der Waals surface area contributed by atoms with Gasteiger partial charge in [-0.3, -0.25) is 0 Å². The summed E-state index contributed by atoms with van der Waals surface area (Å²) in [7, 11) is 4.16. The lowest BCUT2D eigenvalue weighted by molar-refractivity contribution is 0.136. The van der Waals surface area contributed by atoms with E-state index in [0.29, 0.717) is 24.5 Å². The fourth-order valence-electron chi connectivity index (χ4n) is 3.66. The average molecular weight is 279 g/mol. The van der Waals surface area contributed by atoms with Gasteiger partial charge in [-0.1, -0.05) is 25.0 Å². The molecule has 0 bridgehead atoms. The van der Waals surface area contributed by atoms with Crippen LogP contribution in [0.5, 0.6) is 0 Å². The molecule has 0 aliphatic heterocycles. The molecule has 0 heterocycles. The number of rotatable bonds is 5. The first kappa shape index (κ1) is 15.5. The molecule has 0 aromatic heterocycles. The van der Waals surface area contributed by atoms with Gasteiger partial charge in [-0.25, -0.2) is 4.39 Å². The van der Waals surface area contributed by atoms with Crippen molar-refractivity contribution in [1.29, 1.82) is 0 Å². The lowest BCUT2D eigenvalue weighted by Gasteiger charge is -2.37. The fourth-order valence-corrected chi connectivity index (χ4v) is 3.66. The second-order valence-corrected chi connectivity index (χ2v) is 6.26. The standard InChI is InChI=1S/C17H26FNO/c1-19(2)17(15-4-3-5-16(18)12-15)14-8-6-13(7-9-14)10-11-20/h3-5,12-14,17,20H,6-11H2,1-2H3. The monoisotopic (exact) mass is 279 g/mol. The number of aliphatic hydroxyl groups excluding tert-OH is 1. The van der Waals surface area contributed by atoms with Crippen LogP contribution in [0.25, 0.3) is 0 Å². The van der Waals surface area contributed by atoms with Gasteiger partial charge in [0.2, 0.25) is 0 Å². The molecule has 1 aromatic carbocycles. The van der Waals surface area contributed by atoms with Gasteiger partial charge in [0.1, 0.15) is 5.82 Å². The minimum absolute atomic E-state index is 0.150. The largest absolute Gasteiger partial charge is 0.396 e. The van der Waals surface area contributed by atoms with E-state index < -0.39 is 0 Å². The summed E-state index contributed by atoms with van der Waals surface area (Å²) in [6, 6.07) is 7.31. The highest BCUT2D eigenvalue weighted by Crippen LogP contribution is 2.40. The van der Waals surface area contributed by atoms with Gasteiger partial charge < -0.3 is 10.0 Å². The van der Waals surface area contributed by atoms with Gasteiger partial charge in [0, 0.05) is 12.6 Å². The Bertz CT molecular complexity index is 413. The molecule has 1 aromatic rings. The van der Waals surface area contributed by atoms with Gasteiger partial charge in [-0.2, -0.15) is 0 Å². The summed E-state index contributed by atoms with van der Waals surface area (Å²) < 4.78 is 13.5. The normalized spacial score (nSPS) is 24.9. The predicted molar refractivity (Wildman–Crippen MR) is 80.0 cm³/mol. The molecule has 1 unspecified atom stereocenters. The summed E-state index contributed by atoms with van der Waals surface area (Å²) in [5.41, 5.74) is 1.08. The van der Waals surface area contributed by atoms with E-state index in [0.717, 1.165) is 12.0 Å². The quantitative estimate of drug-likeness (QED) is 0.890. The molecule has 1 saturated carbocycles. The van der Waals surface area contributed by atoms with Crippen LogP contribution in [-0.2, 0) is 0 Å². The van der Waals surface area contributed by atoms with Crippen LogP contribution >= 0.6 is 0 Å². The highest BCUT2D eigenvalue weighted by molar-refractivity contribution is 5.21. The zero-order valence-electron chi connectivity index (χ0n) is 12.6. The minimum atomic E-state index is -0.150. The molecular weight excluding hydrogens is 253 g/mol. The Balaban J connectivity index is 2.07. The molecule has 1 aliphatic rings. The Kier molecular flexibility index (Phi) is 5.55. The number of nitrogens with zero attached hydrogens (tertiary/aromatic N) is 1. The van der Waals surface area contributed by atoms with Crippen molar-refractivity contribution < 1.29 is 9.50 Å². The average Bonchev–Trinajstić information content (AvgIpc) is 2.41. The van der Waals surface area contributed by atoms with Crippen molar-refractivity contribution >= 4 is 0 Å². The van der Waals surface area contributed by atoms with Crippen molar-refractivity contribution in [2.75, 3.05) is 20.7 Å². The highest BCUT2D eigenvalue weighted by atomic mass is 19.1. The van der Waals surface area contributed by atoms with Crippen molar-refractivity contribution in [3.63, 3.8) is 0 Å². The summed E-state index contributed by atoms with van der Waals surface area (Å²) in [4.78, 5) is 2.21. The number of hydrogen-bond donors (Lipinski definition) is 1. The van der Waals surface area contributed by atoms with Crippen molar-refractivity contribution in [2.45, 2.75) is 38.1 Å². The summed E-state index contributed by atoms with van der Waals surface area (Å²) in [5.74, 6) is 1.11. The third kappa shape index (κ3) is 3.80. The molecule has 1 atom stereocenters. The maximum Gasteiger partial charge on any atom is 0.123 e. The Hall–Kier alpha value is -0.930. The Morgan fingerprint density at radius 2 is 1.95 bits per heavy atom. The highest BCUT2D eigenvalue weighted by Gasteiger charge is 2.29. The van der Waals surface area contributed by atoms with Crippen LogP contribution in [0.2, 0.25) is 0 Å². The molecule has 20 heavy (non-hydrogen) atoms. The van der Waals surface area contributed by atoms with Crippen molar-refractivity contribution in [1.82, 2.24) is 4.90 Å². The topological polar surface area (TPSA) is 23.5 Å². The third-order valence-electron chi connectivity index (χ3n) is 4.62. The first-order chi connectivity index (χ1) is 9.61. The number of benzene rings is 1. The molecule has 0 saturated heterocycles. The predicted octanol–water partition coefficient (Wildman–Crippen LogP) is 3.62. The van der Waals surface area contributed by atoms with E-state index in [4.69, 9.17) is 5.11 Å². The molecule has 0 spiro atoms. The smallest absolute Gasteiger partial charge is 0.123 e. The van der Waals surface area contributed by atoms with E-state index in [1.54, 1.807) is 12.1 Å². The minimum Gasteiger partial charge on any atom is -0.396 e. The molecule has 0 radical (unpaired) electrons. The first-order valence-corrected chi connectivity index (χ1v) is 7.64. The molecule has 1 N–H and O–H groups in total.